The number of carboxylic acid groups (broad SMARTS) is 3. The summed E-state index contributed by atoms with van der Waals surface area (Å²) in [6.07, 6.45) is -2.22. The fourth-order valence-corrected chi connectivity index (χ4v) is 2.01. The molecule has 10 N–H and O–H groups in total. The fourth-order valence-electron chi connectivity index (χ4n) is 2.01. The van der Waals surface area contributed by atoms with Crippen LogP contribution in [0.1, 0.15) is 25.7 Å². The van der Waals surface area contributed by atoms with Gasteiger partial charge in [0.15, 0.2) is 0 Å². The molecule has 0 radical (unpaired) electrons. The van der Waals surface area contributed by atoms with Gasteiger partial charge in [0.2, 0.25) is 23.6 Å². The SMILES string of the molecule is NC(=O)C[C@H](NC(=O)[C@@H](N)CCC(=O)O)C(=O)NCC(=O)N[C@@H](CC(=O)O)C(=O)O. The summed E-state index contributed by atoms with van der Waals surface area (Å²) in [4.78, 5) is 79.0. The highest BCUT2D eigenvalue weighted by atomic mass is 16.4. The summed E-state index contributed by atoms with van der Waals surface area (Å²) < 4.78 is 0. The zero-order valence-electron chi connectivity index (χ0n) is 15.6. The summed E-state index contributed by atoms with van der Waals surface area (Å²) in [5.74, 6) is -8.27. The number of carboxylic acids is 3. The highest BCUT2D eigenvalue weighted by Gasteiger charge is 2.27. The molecule has 0 aliphatic rings. The molecular formula is C15H23N5O10. The predicted molar refractivity (Wildman–Crippen MR) is 95.4 cm³/mol. The van der Waals surface area contributed by atoms with Crippen LogP contribution < -0.4 is 27.4 Å². The van der Waals surface area contributed by atoms with Crippen molar-refractivity contribution in [2.24, 2.45) is 11.5 Å². The molecule has 4 amide bonds. The van der Waals surface area contributed by atoms with E-state index in [1.54, 1.807) is 0 Å². The van der Waals surface area contributed by atoms with Gasteiger partial charge in [-0.3, -0.25) is 28.8 Å². The van der Waals surface area contributed by atoms with Crippen molar-refractivity contribution in [3.63, 3.8) is 0 Å². The smallest absolute Gasteiger partial charge is 0.326 e. The van der Waals surface area contributed by atoms with Gasteiger partial charge in [-0.05, 0) is 6.42 Å². The number of amides is 4. The topological polar surface area (TPSA) is 268 Å². The van der Waals surface area contributed by atoms with E-state index in [1.807, 2.05) is 10.6 Å². The van der Waals surface area contributed by atoms with Crippen LogP contribution in [0.25, 0.3) is 0 Å². The van der Waals surface area contributed by atoms with Gasteiger partial charge < -0.3 is 42.7 Å². The number of nitrogens with two attached hydrogens (primary N) is 2. The number of nitrogens with one attached hydrogen (secondary N) is 3. The lowest BCUT2D eigenvalue weighted by Gasteiger charge is -2.20. The molecule has 0 heterocycles. The highest BCUT2D eigenvalue weighted by molar-refractivity contribution is 5.95. The molecule has 0 aliphatic carbocycles. The van der Waals surface area contributed by atoms with Crippen LogP contribution in [0.4, 0.5) is 0 Å². The van der Waals surface area contributed by atoms with Gasteiger partial charge in [0.1, 0.15) is 12.1 Å². The maximum atomic E-state index is 12.1. The first kappa shape index (κ1) is 26.2. The number of hydrogen-bond acceptors (Lipinski definition) is 8. The van der Waals surface area contributed by atoms with Crippen LogP contribution >= 0.6 is 0 Å². The Kier molecular flexibility index (Phi) is 11.1. The van der Waals surface area contributed by atoms with Gasteiger partial charge in [-0.1, -0.05) is 0 Å². The molecule has 15 heteroatoms. The van der Waals surface area contributed by atoms with E-state index in [4.69, 9.17) is 26.8 Å². The molecule has 15 nitrogen and oxygen atoms in total. The molecule has 0 rings (SSSR count). The number of hydrogen-bond donors (Lipinski definition) is 8. The second kappa shape index (κ2) is 12.7. The summed E-state index contributed by atoms with van der Waals surface area (Å²) in [5.41, 5.74) is 10.5. The Morgan fingerprint density at radius 2 is 1.40 bits per heavy atom. The molecule has 0 aliphatic heterocycles. The van der Waals surface area contributed by atoms with Crippen molar-refractivity contribution < 1.29 is 48.9 Å². The first-order chi connectivity index (χ1) is 13.8. The maximum absolute atomic E-state index is 12.1. The van der Waals surface area contributed by atoms with Crippen LogP contribution in [-0.2, 0) is 33.6 Å². The molecule has 0 fully saturated rings. The predicted octanol–water partition coefficient (Wildman–Crippen LogP) is -4.30. The fraction of sp³-hybridized carbons (Fsp3) is 0.533. The van der Waals surface area contributed by atoms with E-state index in [9.17, 15) is 33.6 Å². The maximum Gasteiger partial charge on any atom is 0.326 e. The van der Waals surface area contributed by atoms with Crippen LogP contribution in [-0.4, -0.2) is 81.5 Å². The summed E-state index contributed by atoms with van der Waals surface area (Å²) in [7, 11) is 0. The van der Waals surface area contributed by atoms with Crippen molar-refractivity contribution >= 4 is 41.5 Å². The van der Waals surface area contributed by atoms with Crippen molar-refractivity contribution in [2.75, 3.05) is 6.54 Å². The van der Waals surface area contributed by atoms with Crippen molar-refractivity contribution in [1.29, 1.82) is 0 Å². The minimum Gasteiger partial charge on any atom is -0.481 e. The van der Waals surface area contributed by atoms with Gasteiger partial charge in [0.25, 0.3) is 0 Å². The third-order valence-electron chi connectivity index (χ3n) is 3.48. The molecule has 0 aromatic rings. The Hall–Kier alpha value is -3.75. The number of carbonyl (C=O) groups is 7. The van der Waals surface area contributed by atoms with Crippen molar-refractivity contribution in [3.8, 4) is 0 Å². The van der Waals surface area contributed by atoms with E-state index in [0.29, 0.717) is 0 Å². The van der Waals surface area contributed by atoms with Crippen LogP contribution in [0.2, 0.25) is 0 Å². The van der Waals surface area contributed by atoms with Crippen molar-refractivity contribution in [2.45, 2.75) is 43.8 Å². The minimum atomic E-state index is -1.74. The molecule has 0 spiro atoms. The monoisotopic (exact) mass is 433 g/mol. The molecule has 0 saturated heterocycles. The lowest BCUT2D eigenvalue weighted by Crippen LogP contribution is -2.54. The standard InChI is InChI=1S/C15H23N5O10/c16-6(1-2-11(23)24)13(27)20-7(3-9(17)21)14(28)18-5-10(22)19-8(15(29)30)4-12(25)26/h6-8H,1-5,16H2,(H2,17,21)(H,18,28)(H,19,22)(H,20,27)(H,23,24)(H,25,26)(H,29,30)/t6-,7-,8-/m0/s1. The molecule has 0 aromatic heterocycles. The lowest BCUT2D eigenvalue weighted by molar-refractivity contribution is -0.147. The molecule has 0 unspecified atom stereocenters. The van der Waals surface area contributed by atoms with E-state index >= 15 is 0 Å². The van der Waals surface area contributed by atoms with E-state index < -0.39 is 85.5 Å². The van der Waals surface area contributed by atoms with Crippen molar-refractivity contribution in [3.05, 3.63) is 0 Å². The van der Waals surface area contributed by atoms with E-state index in [-0.39, 0.29) is 6.42 Å². The second-order valence-corrected chi connectivity index (χ2v) is 6.04. The Labute approximate surface area is 169 Å². The van der Waals surface area contributed by atoms with Crippen LogP contribution in [0.15, 0.2) is 0 Å². The number of rotatable bonds is 14. The molecule has 0 bridgehead atoms. The Bertz CT molecular complexity index is 710. The Balaban J connectivity index is 4.87. The van der Waals surface area contributed by atoms with Gasteiger partial charge in [0, 0.05) is 6.42 Å². The van der Waals surface area contributed by atoms with Gasteiger partial charge in [-0.25, -0.2) is 4.79 Å². The summed E-state index contributed by atoms with van der Waals surface area (Å²) in [6, 6.07) is -4.56. The summed E-state index contributed by atoms with van der Waals surface area (Å²) in [6.45, 7) is -0.793. The normalized spacial score (nSPS) is 13.2. The van der Waals surface area contributed by atoms with E-state index in [2.05, 4.69) is 5.32 Å². The number of primary amides is 1. The average molecular weight is 433 g/mol. The molecule has 168 valence electrons. The molecule has 3 atom stereocenters. The largest absolute Gasteiger partial charge is 0.481 e. The number of aliphatic carboxylic acids is 3. The van der Waals surface area contributed by atoms with E-state index in [0.717, 1.165) is 0 Å². The Morgan fingerprint density at radius 1 is 0.800 bits per heavy atom. The average Bonchev–Trinajstić information content (AvgIpc) is 2.61. The molecule has 0 saturated carbocycles. The van der Waals surface area contributed by atoms with Crippen LogP contribution in [0.5, 0.6) is 0 Å². The first-order valence-electron chi connectivity index (χ1n) is 8.41. The number of carbonyl (C=O) groups excluding carboxylic acids is 4. The second-order valence-electron chi connectivity index (χ2n) is 6.04. The minimum absolute atomic E-state index is 0.241. The Morgan fingerprint density at radius 3 is 1.87 bits per heavy atom. The lowest BCUT2D eigenvalue weighted by atomic mass is 10.1. The van der Waals surface area contributed by atoms with Crippen molar-refractivity contribution in [1.82, 2.24) is 16.0 Å². The molecule has 30 heavy (non-hydrogen) atoms. The van der Waals surface area contributed by atoms with Gasteiger partial charge in [0.05, 0.1) is 25.4 Å². The van der Waals surface area contributed by atoms with Gasteiger partial charge in [-0.2, -0.15) is 0 Å². The highest BCUT2D eigenvalue weighted by Crippen LogP contribution is 1.99. The zero-order chi connectivity index (χ0) is 23.4. The molecule has 0 aromatic carbocycles. The van der Waals surface area contributed by atoms with Crippen LogP contribution in [0, 0.1) is 0 Å². The quantitative estimate of drug-likeness (QED) is 0.130. The third-order valence-corrected chi connectivity index (χ3v) is 3.48. The van der Waals surface area contributed by atoms with Crippen LogP contribution in [0.3, 0.4) is 0 Å². The van der Waals surface area contributed by atoms with Gasteiger partial charge in [-0.15, -0.1) is 0 Å². The summed E-state index contributed by atoms with van der Waals surface area (Å²) >= 11 is 0. The molecular weight excluding hydrogens is 410 g/mol. The summed E-state index contributed by atoms with van der Waals surface area (Å²) in [5, 5.41) is 32.1. The third kappa shape index (κ3) is 11.2. The van der Waals surface area contributed by atoms with Gasteiger partial charge >= 0.3 is 17.9 Å². The first-order valence-corrected chi connectivity index (χ1v) is 8.41. The zero-order valence-corrected chi connectivity index (χ0v) is 15.6. The van der Waals surface area contributed by atoms with E-state index in [1.165, 1.54) is 0 Å².